The van der Waals surface area contributed by atoms with Gasteiger partial charge in [0.1, 0.15) is 0 Å². The summed E-state index contributed by atoms with van der Waals surface area (Å²) in [4.78, 5) is 32.8. The van der Waals surface area contributed by atoms with E-state index in [4.69, 9.17) is 15.6 Å². The predicted octanol–water partition coefficient (Wildman–Crippen LogP) is -0.754. The van der Waals surface area contributed by atoms with Crippen molar-refractivity contribution in [3.63, 3.8) is 0 Å². The molecule has 2 atom stereocenters. The molecule has 4 N–H and O–H groups in total. The number of carboxylic acids is 1. The van der Waals surface area contributed by atoms with E-state index < -0.39 is 36.4 Å². The smallest absolute Gasteiger partial charge is 0.307 e. The summed E-state index contributed by atoms with van der Waals surface area (Å²) in [7, 11) is 0. The highest BCUT2D eigenvalue weighted by molar-refractivity contribution is 5.86. The maximum absolute atomic E-state index is 11.4. The number of nitrogens with one attached hydrogen (secondary N) is 1. The summed E-state index contributed by atoms with van der Waals surface area (Å²) in [5, 5.41) is 10.9. The number of hydrogen-bond acceptors (Lipinski definition) is 5. The minimum atomic E-state index is -1.15. The van der Waals surface area contributed by atoms with Crippen LogP contribution in [0.15, 0.2) is 0 Å². The highest BCUT2D eigenvalue weighted by Gasteiger charge is 2.19. The maximum atomic E-state index is 11.4. The number of hydrogen-bond donors (Lipinski definition) is 3. The average Bonchev–Trinajstić information content (AvgIpc) is 2.16. The van der Waals surface area contributed by atoms with Crippen LogP contribution in [0.25, 0.3) is 0 Å². The fraction of sp³-hybridized carbons (Fsp3) is 0.700. The molecule has 0 saturated heterocycles. The van der Waals surface area contributed by atoms with Gasteiger partial charge in [0, 0.05) is 6.04 Å². The van der Waals surface area contributed by atoms with E-state index in [1.54, 1.807) is 13.8 Å². The number of carboxylic acid groups (broad SMARTS) is 1. The van der Waals surface area contributed by atoms with Gasteiger partial charge in [0.05, 0.1) is 25.5 Å². The van der Waals surface area contributed by atoms with E-state index in [0.29, 0.717) is 0 Å². The number of carbonyl (C=O) groups is 3. The van der Waals surface area contributed by atoms with Crippen LogP contribution in [-0.2, 0) is 19.1 Å². The van der Waals surface area contributed by atoms with E-state index in [0.717, 1.165) is 0 Å². The van der Waals surface area contributed by atoms with Crippen molar-refractivity contribution in [1.82, 2.24) is 5.32 Å². The van der Waals surface area contributed by atoms with Gasteiger partial charge in [-0.2, -0.15) is 0 Å². The van der Waals surface area contributed by atoms with Gasteiger partial charge < -0.3 is 20.9 Å². The van der Waals surface area contributed by atoms with Crippen LogP contribution in [0.1, 0.15) is 26.7 Å². The molecule has 7 heteroatoms. The van der Waals surface area contributed by atoms with Crippen LogP contribution in [0, 0.1) is 0 Å². The van der Waals surface area contributed by atoms with Crippen LogP contribution in [0.3, 0.4) is 0 Å². The molecule has 0 heterocycles. The van der Waals surface area contributed by atoms with Gasteiger partial charge in [-0.15, -0.1) is 0 Å². The molecule has 0 saturated carbocycles. The molecule has 0 aromatic rings. The third-order valence-electron chi connectivity index (χ3n) is 1.90. The monoisotopic (exact) mass is 246 g/mol. The fourth-order valence-corrected chi connectivity index (χ4v) is 1.15. The molecular weight excluding hydrogens is 228 g/mol. The summed E-state index contributed by atoms with van der Waals surface area (Å²) in [6.45, 7) is 3.57. The van der Waals surface area contributed by atoms with Crippen LogP contribution in [0.4, 0.5) is 0 Å². The summed E-state index contributed by atoms with van der Waals surface area (Å²) < 4.78 is 4.70. The summed E-state index contributed by atoms with van der Waals surface area (Å²) in [6, 6.07) is -1.56. The molecule has 0 unspecified atom stereocenters. The first kappa shape index (κ1) is 15.4. The molecule has 0 rings (SSSR count). The Bertz CT molecular complexity index is 292. The third-order valence-corrected chi connectivity index (χ3v) is 1.90. The van der Waals surface area contributed by atoms with Crippen molar-refractivity contribution in [2.24, 2.45) is 5.73 Å². The van der Waals surface area contributed by atoms with E-state index in [2.05, 4.69) is 5.32 Å². The number of aliphatic carboxylic acids is 1. The number of esters is 1. The second-order valence-electron chi connectivity index (χ2n) is 3.62. The standard InChI is InChI=1S/C10H18N2O5/c1-3-17-9(15)4-6(2)12-10(16)7(11)5-8(13)14/h6-7H,3-5,11H2,1-2H3,(H,12,16)(H,13,14)/t6-,7+/m0/s1. The zero-order valence-electron chi connectivity index (χ0n) is 9.93. The van der Waals surface area contributed by atoms with Crippen molar-refractivity contribution in [2.45, 2.75) is 38.8 Å². The normalized spacial score (nSPS) is 13.6. The quantitative estimate of drug-likeness (QED) is 0.508. The Labute approximate surface area is 99.3 Å². The molecule has 0 aliphatic heterocycles. The van der Waals surface area contributed by atoms with Crippen molar-refractivity contribution in [1.29, 1.82) is 0 Å². The molecule has 0 aromatic heterocycles. The first-order valence-corrected chi connectivity index (χ1v) is 5.30. The van der Waals surface area contributed by atoms with Crippen molar-refractivity contribution in [2.75, 3.05) is 6.61 Å². The van der Waals surface area contributed by atoms with Gasteiger partial charge in [0.2, 0.25) is 5.91 Å². The topological polar surface area (TPSA) is 119 Å². The van der Waals surface area contributed by atoms with E-state index in [-0.39, 0.29) is 13.0 Å². The second kappa shape index (κ2) is 7.61. The van der Waals surface area contributed by atoms with Crippen molar-refractivity contribution in [3.05, 3.63) is 0 Å². The third kappa shape index (κ3) is 7.29. The molecular formula is C10H18N2O5. The number of amides is 1. The van der Waals surface area contributed by atoms with Crippen LogP contribution < -0.4 is 11.1 Å². The van der Waals surface area contributed by atoms with Gasteiger partial charge in [0.25, 0.3) is 0 Å². The first-order chi connectivity index (χ1) is 7.86. The highest BCUT2D eigenvalue weighted by atomic mass is 16.5. The van der Waals surface area contributed by atoms with E-state index in [1.807, 2.05) is 0 Å². The molecule has 0 fully saturated rings. The van der Waals surface area contributed by atoms with Gasteiger partial charge in [-0.1, -0.05) is 0 Å². The molecule has 0 aliphatic rings. The molecule has 0 spiro atoms. The zero-order valence-corrected chi connectivity index (χ0v) is 9.93. The van der Waals surface area contributed by atoms with Gasteiger partial charge >= 0.3 is 11.9 Å². The van der Waals surface area contributed by atoms with Crippen molar-refractivity contribution in [3.8, 4) is 0 Å². The Morgan fingerprint density at radius 1 is 1.35 bits per heavy atom. The highest BCUT2D eigenvalue weighted by Crippen LogP contribution is 1.96. The molecule has 0 bridgehead atoms. The summed E-state index contributed by atoms with van der Waals surface area (Å²) >= 11 is 0. The molecule has 98 valence electrons. The lowest BCUT2D eigenvalue weighted by Crippen LogP contribution is -2.46. The molecule has 0 radical (unpaired) electrons. The van der Waals surface area contributed by atoms with E-state index in [9.17, 15) is 14.4 Å². The number of ether oxygens (including phenoxy) is 1. The first-order valence-electron chi connectivity index (χ1n) is 5.30. The van der Waals surface area contributed by atoms with Gasteiger partial charge in [-0.05, 0) is 13.8 Å². The molecule has 0 aliphatic carbocycles. The van der Waals surface area contributed by atoms with Crippen LogP contribution >= 0.6 is 0 Å². The molecule has 0 aromatic carbocycles. The van der Waals surface area contributed by atoms with Crippen LogP contribution in [-0.4, -0.2) is 41.6 Å². The molecule has 17 heavy (non-hydrogen) atoms. The Kier molecular flexibility index (Phi) is 6.88. The Morgan fingerprint density at radius 3 is 2.41 bits per heavy atom. The van der Waals surface area contributed by atoms with E-state index >= 15 is 0 Å². The maximum Gasteiger partial charge on any atom is 0.307 e. The van der Waals surface area contributed by atoms with Gasteiger partial charge in [0.15, 0.2) is 0 Å². The molecule has 1 amide bonds. The van der Waals surface area contributed by atoms with Crippen molar-refractivity contribution < 1.29 is 24.2 Å². The number of rotatable bonds is 7. The largest absolute Gasteiger partial charge is 0.481 e. The van der Waals surface area contributed by atoms with Gasteiger partial charge in [-0.25, -0.2) is 0 Å². The Hall–Kier alpha value is -1.63. The SMILES string of the molecule is CCOC(=O)C[C@H](C)NC(=O)[C@H](N)CC(=O)O. The van der Waals surface area contributed by atoms with Gasteiger partial charge in [-0.3, -0.25) is 14.4 Å². The minimum absolute atomic E-state index is 0.0272. The van der Waals surface area contributed by atoms with Crippen LogP contribution in [0.2, 0.25) is 0 Å². The van der Waals surface area contributed by atoms with Crippen LogP contribution in [0.5, 0.6) is 0 Å². The summed E-state index contributed by atoms with van der Waals surface area (Å²) in [5.41, 5.74) is 5.35. The predicted molar refractivity (Wildman–Crippen MR) is 59.1 cm³/mol. The second-order valence-corrected chi connectivity index (χ2v) is 3.62. The minimum Gasteiger partial charge on any atom is -0.481 e. The average molecular weight is 246 g/mol. The number of carbonyl (C=O) groups excluding carboxylic acids is 2. The lowest BCUT2D eigenvalue weighted by molar-refractivity contribution is -0.144. The summed E-state index contributed by atoms with van der Waals surface area (Å²) in [5.74, 6) is -2.16. The van der Waals surface area contributed by atoms with Crippen molar-refractivity contribution >= 4 is 17.8 Å². The fourth-order valence-electron chi connectivity index (χ4n) is 1.15. The Balaban J connectivity index is 4.02. The zero-order chi connectivity index (χ0) is 13.4. The lowest BCUT2D eigenvalue weighted by atomic mass is 10.1. The molecule has 7 nitrogen and oxygen atoms in total. The Morgan fingerprint density at radius 2 is 1.94 bits per heavy atom. The summed E-state index contributed by atoms with van der Waals surface area (Å²) in [6.07, 6.45) is -0.419. The number of nitrogens with two attached hydrogens (primary N) is 1. The lowest BCUT2D eigenvalue weighted by Gasteiger charge is -2.15. The van der Waals surface area contributed by atoms with E-state index in [1.165, 1.54) is 0 Å².